The first-order valence-corrected chi connectivity index (χ1v) is 7.19. The Labute approximate surface area is 110 Å². The van der Waals surface area contributed by atoms with E-state index in [0.29, 0.717) is 6.54 Å². The molecule has 1 fully saturated rings. The average Bonchev–Trinajstić information content (AvgIpc) is 2.39. The van der Waals surface area contributed by atoms with Crippen LogP contribution < -0.4 is 5.32 Å². The number of hydrogen-bond acceptors (Lipinski definition) is 3. The number of nitrogens with one attached hydrogen (secondary N) is 1. The molecule has 0 aliphatic carbocycles. The summed E-state index contributed by atoms with van der Waals surface area (Å²) in [4.78, 5) is 13.6. The molecular formula is C14H25N3O. The van der Waals surface area contributed by atoms with Crippen molar-refractivity contribution in [2.24, 2.45) is 0 Å². The van der Waals surface area contributed by atoms with Crippen LogP contribution in [0.2, 0.25) is 0 Å². The van der Waals surface area contributed by atoms with E-state index in [0.717, 1.165) is 6.42 Å². The van der Waals surface area contributed by atoms with Crippen LogP contribution in [0.3, 0.4) is 0 Å². The van der Waals surface area contributed by atoms with Gasteiger partial charge in [0.2, 0.25) is 5.91 Å². The number of carbonyl (C=O) groups excluding carboxylic acids is 1. The summed E-state index contributed by atoms with van der Waals surface area (Å²) in [6, 6.07) is 1.85. The van der Waals surface area contributed by atoms with E-state index >= 15 is 0 Å². The SMILES string of the molecule is N#CCC(=O)NCCCCCCN1CCCCC1. The Morgan fingerprint density at radius 3 is 2.56 bits per heavy atom. The Balaban J connectivity index is 1.83. The van der Waals surface area contributed by atoms with Gasteiger partial charge in [-0.15, -0.1) is 0 Å². The van der Waals surface area contributed by atoms with E-state index in [4.69, 9.17) is 5.26 Å². The van der Waals surface area contributed by atoms with Gasteiger partial charge in [0.1, 0.15) is 6.42 Å². The van der Waals surface area contributed by atoms with Gasteiger partial charge in [-0.05, 0) is 45.3 Å². The summed E-state index contributed by atoms with van der Waals surface area (Å²) in [6.07, 6.45) is 8.82. The second-order valence-electron chi connectivity index (χ2n) is 5.00. The van der Waals surface area contributed by atoms with E-state index in [1.54, 1.807) is 0 Å². The van der Waals surface area contributed by atoms with Gasteiger partial charge >= 0.3 is 0 Å². The maximum absolute atomic E-state index is 11.0. The molecule has 1 aliphatic heterocycles. The van der Waals surface area contributed by atoms with Crippen molar-refractivity contribution < 1.29 is 4.79 Å². The summed E-state index contributed by atoms with van der Waals surface area (Å²) in [5, 5.41) is 11.1. The normalized spacial score (nSPS) is 16.2. The van der Waals surface area contributed by atoms with Gasteiger partial charge in [-0.1, -0.05) is 19.3 Å². The number of nitrogens with zero attached hydrogens (tertiary/aromatic N) is 2. The highest BCUT2D eigenvalue weighted by Crippen LogP contribution is 2.10. The van der Waals surface area contributed by atoms with Crippen LogP contribution in [0.1, 0.15) is 51.4 Å². The number of rotatable bonds is 8. The summed E-state index contributed by atoms with van der Waals surface area (Å²) in [5.74, 6) is -0.147. The van der Waals surface area contributed by atoms with Crippen molar-refractivity contribution in [2.45, 2.75) is 51.4 Å². The molecule has 1 heterocycles. The Morgan fingerprint density at radius 2 is 1.83 bits per heavy atom. The highest BCUT2D eigenvalue weighted by molar-refractivity contribution is 5.77. The van der Waals surface area contributed by atoms with Crippen molar-refractivity contribution in [3.05, 3.63) is 0 Å². The molecule has 0 saturated carbocycles. The lowest BCUT2D eigenvalue weighted by atomic mass is 10.1. The minimum Gasteiger partial charge on any atom is -0.355 e. The molecule has 0 aromatic carbocycles. The molecule has 0 aromatic rings. The lowest BCUT2D eigenvalue weighted by Gasteiger charge is -2.26. The summed E-state index contributed by atoms with van der Waals surface area (Å²) in [7, 11) is 0. The van der Waals surface area contributed by atoms with Crippen molar-refractivity contribution in [3.63, 3.8) is 0 Å². The van der Waals surface area contributed by atoms with Crippen LogP contribution in [-0.4, -0.2) is 37.0 Å². The fraction of sp³-hybridized carbons (Fsp3) is 0.857. The maximum Gasteiger partial charge on any atom is 0.234 e. The molecule has 0 radical (unpaired) electrons. The van der Waals surface area contributed by atoms with Gasteiger partial charge in [0.05, 0.1) is 6.07 Å². The number of nitriles is 1. The van der Waals surface area contributed by atoms with Gasteiger partial charge in [0.15, 0.2) is 0 Å². The first-order chi connectivity index (χ1) is 8.83. The minimum atomic E-state index is -0.147. The predicted molar refractivity (Wildman–Crippen MR) is 72.0 cm³/mol. The minimum absolute atomic E-state index is 0.0189. The van der Waals surface area contributed by atoms with Gasteiger partial charge in [0, 0.05) is 6.54 Å². The van der Waals surface area contributed by atoms with E-state index in [1.165, 1.54) is 58.2 Å². The molecule has 0 aromatic heterocycles. The van der Waals surface area contributed by atoms with Crippen LogP contribution in [0.25, 0.3) is 0 Å². The number of carbonyl (C=O) groups is 1. The van der Waals surface area contributed by atoms with E-state index in [1.807, 2.05) is 6.07 Å². The molecule has 1 rings (SSSR count). The fourth-order valence-electron chi connectivity index (χ4n) is 2.36. The molecule has 1 saturated heterocycles. The Bertz CT molecular complexity index is 267. The van der Waals surface area contributed by atoms with Crippen molar-refractivity contribution in [3.8, 4) is 6.07 Å². The molecule has 0 spiro atoms. The number of amides is 1. The van der Waals surface area contributed by atoms with E-state index in [9.17, 15) is 4.79 Å². The molecule has 4 heteroatoms. The summed E-state index contributed by atoms with van der Waals surface area (Å²) >= 11 is 0. The number of piperidine rings is 1. The van der Waals surface area contributed by atoms with Crippen molar-refractivity contribution in [2.75, 3.05) is 26.2 Å². The zero-order chi connectivity index (χ0) is 13.1. The second-order valence-corrected chi connectivity index (χ2v) is 5.00. The van der Waals surface area contributed by atoms with E-state index < -0.39 is 0 Å². The fourth-order valence-corrected chi connectivity index (χ4v) is 2.36. The van der Waals surface area contributed by atoms with Gasteiger partial charge in [-0.25, -0.2) is 0 Å². The Morgan fingerprint density at radius 1 is 1.11 bits per heavy atom. The van der Waals surface area contributed by atoms with Crippen LogP contribution in [-0.2, 0) is 4.79 Å². The van der Waals surface area contributed by atoms with Gasteiger partial charge in [0.25, 0.3) is 0 Å². The third-order valence-electron chi connectivity index (χ3n) is 3.41. The summed E-state index contributed by atoms with van der Waals surface area (Å²) in [5.41, 5.74) is 0. The van der Waals surface area contributed by atoms with Crippen LogP contribution in [0.15, 0.2) is 0 Å². The average molecular weight is 251 g/mol. The molecule has 1 aliphatic rings. The first kappa shape index (κ1) is 15.0. The Hall–Kier alpha value is -1.08. The molecule has 0 atom stereocenters. The monoisotopic (exact) mass is 251 g/mol. The van der Waals surface area contributed by atoms with E-state index in [-0.39, 0.29) is 12.3 Å². The third kappa shape index (κ3) is 7.29. The first-order valence-electron chi connectivity index (χ1n) is 7.19. The van der Waals surface area contributed by atoms with Crippen LogP contribution >= 0.6 is 0 Å². The van der Waals surface area contributed by atoms with Crippen molar-refractivity contribution in [1.29, 1.82) is 5.26 Å². The number of likely N-dealkylation sites (tertiary alicyclic amines) is 1. The zero-order valence-corrected chi connectivity index (χ0v) is 11.3. The second kappa shape index (κ2) is 9.90. The maximum atomic E-state index is 11.0. The predicted octanol–water partition coefficient (Wildman–Crippen LogP) is 2.06. The lowest BCUT2D eigenvalue weighted by Crippen LogP contribution is -2.30. The lowest BCUT2D eigenvalue weighted by molar-refractivity contribution is -0.120. The highest BCUT2D eigenvalue weighted by atomic mass is 16.1. The Kier molecular flexibility index (Phi) is 8.24. The molecule has 18 heavy (non-hydrogen) atoms. The zero-order valence-electron chi connectivity index (χ0n) is 11.3. The molecule has 0 bridgehead atoms. The van der Waals surface area contributed by atoms with Crippen LogP contribution in [0, 0.1) is 11.3 Å². The molecule has 1 N–H and O–H groups in total. The van der Waals surface area contributed by atoms with Gasteiger partial charge < -0.3 is 10.2 Å². The van der Waals surface area contributed by atoms with E-state index in [2.05, 4.69) is 10.2 Å². The van der Waals surface area contributed by atoms with Crippen molar-refractivity contribution >= 4 is 5.91 Å². The standard InChI is InChI=1S/C14H25N3O/c15-9-8-14(18)16-10-4-1-2-5-11-17-12-6-3-7-13-17/h1-8,10-13H2,(H,16,18). The van der Waals surface area contributed by atoms with Crippen molar-refractivity contribution in [1.82, 2.24) is 10.2 Å². The molecule has 1 amide bonds. The molecule has 102 valence electrons. The molecule has 0 unspecified atom stereocenters. The molecular weight excluding hydrogens is 226 g/mol. The smallest absolute Gasteiger partial charge is 0.234 e. The quantitative estimate of drug-likeness (QED) is 0.672. The van der Waals surface area contributed by atoms with Crippen LogP contribution in [0.5, 0.6) is 0 Å². The van der Waals surface area contributed by atoms with Gasteiger partial charge in [-0.2, -0.15) is 5.26 Å². The largest absolute Gasteiger partial charge is 0.355 e. The topological polar surface area (TPSA) is 56.1 Å². The summed E-state index contributed by atoms with van der Waals surface area (Å²) < 4.78 is 0. The number of unbranched alkanes of at least 4 members (excludes halogenated alkanes) is 3. The van der Waals surface area contributed by atoms with Crippen LogP contribution in [0.4, 0.5) is 0 Å². The highest BCUT2D eigenvalue weighted by Gasteiger charge is 2.08. The third-order valence-corrected chi connectivity index (χ3v) is 3.41. The summed E-state index contributed by atoms with van der Waals surface area (Å²) in [6.45, 7) is 4.51. The van der Waals surface area contributed by atoms with Gasteiger partial charge in [-0.3, -0.25) is 4.79 Å². The number of hydrogen-bond donors (Lipinski definition) is 1. The molecule has 4 nitrogen and oxygen atoms in total.